The summed E-state index contributed by atoms with van der Waals surface area (Å²) in [7, 11) is 1.89. The van der Waals surface area contributed by atoms with Crippen molar-refractivity contribution < 1.29 is 4.39 Å². The minimum atomic E-state index is -0.237. The number of halogens is 2. The number of hydrogen-bond acceptors (Lipinski definition) is 1. The molecular formula is C18H21BrFN. The Labute approximate surface area is 134 Å². The van der Waals surface area contributed by atoms with Gasteiger partial charge in [-0.1, -0.05) is 51.1 Å². The van der Waals surface area contributed by atoms with Gasteiger partial charge in [0.05, 0.1) is 10.5 Å². The molecule has 2 aromatic carbocycles. The van der Waals surface area contributed by atoms with Crippen LogP contribution in [-0.4, -0.2) is 7.05 Å². The van der Waals surface area contributed by atoms with Crippen LogP contribution in [0.4, 0.5) is 4.39 Å². The third-order valence-electron chi connectivity index (χ3n) is 3.68. The van der Waals surface area contributed by atoms with Crippen LogP contribution in [0.15, 0.2) is 46.9 Å². The number of benzene rings is 2. The molecule has 0 aliphatic heterocycles. The summed E-state index contributed by atoms with van der Waals surface area (Å²) in [5, 5.41) is 3.26. The Balaban J connectivity index is 2.35. The maximum Gasteiger partial charge on any atom is 0.137 e. The predicted molar refractivity (Wildman–Crippen MR) is 90.1 cm³/mol. The van der Waals surface area contributed by atoms with Crippen molar-refractivity contribution in [1.29, 1.82) is 0 Å². The lowest BCUT2D eigenvalue weighted by Crippen LogP contribution is -2.18. The van der Waals surface area contributed by atoms with Crippen molar-refractivity contribution in [3.63, 3.8) is 0 Å². The molecule has 0 spiro atoms. The molecule has 0 amide bonds. The third-order valence-corrected chi connectivity index (χ3v) is 4.32. The fourth-order valence-corrected chi connectivity index (χ4v) is 2.64. The lowest BCUT2D eigenvalue weighted by atomic mass is 9.86. The smallest absolute Gasteiger partial charge is 0.137 e. The summed E-state index contributed by atoms with van der Waals surface area (Å²) in [6.45, 7) is 6.59. The minimum Gasteiger partial charge on any atom is -0.309 e. The Hall–Kier alpha value is -1.19. The van der Waals surface area contributed by atoms with Gasteiger partial charge < -0.3 is 5.32 Å². The molecule has 1 nitrogen and oxygen atoms in total. The summed E-state index contributed by atoms with van der Waals surface area (Å²) in [6, 6.07) is 13.8. The van der Waals surface area contributed by atoms with Crippen LogP contribution >= 0.6 is 15.9 Å². The topological polar surface area (TPSA) is 12.0 Å². The van der Waals surface area contributed by atoms with Crippen molar-refractivity contribution in [2.24, 2.45) is 0 Å². The van der Waals surface area contributed by atoms with E-state index in [1.807, 2.05) is 13.1 Å². The second kappa shape index (κ2) is 6.29. The van der Waals surface area contributed by atoms with E-state index >= 15 is 0 Å². The van der Waals surface area contributed by atoms with Gasteiger partial charge in [0.1, 0.15) is 5.82 Å². The number of rotatable bonds is 3. The number of nitrogens with one attached hydrogen (secondary N) is 1. The molecule has 1 N–H and O–H groups in total. The average Bonchev–Trinajstić information content (AvgIpc) is 2.43. The first-order valence-corrected chi connectivity index (χ1v) is 7.85. The monoisotopic (exact) mass is 349 g/mol. The fraction of sp³-hybridized carbons (Fsp3) is 0.333. The summed E-state index contributed by atoms with van der Waals surface area (Å²) in [4.78, 5) is 0. The molecule has 0 radical (unpaired) electrons. The molecular weight excluding hydrogens is 329 g/mol. The van der Waals surface area contributed by atoms with E-state index in [1.54, 1.807) is 12.1 Å². The molecule has 0 saturated heterocycles. The van der Waals surface area contributed by atoms with Crippen molar-refractivity contribution in [2.75, 3.05) is 7.05 Å². The second-order valence-electron chi connectivity index (χ2n) is 6.27. The Morgan fingerprint density at radius 1 is 1.00 bits per heavy atom. The molecule has 0 aromatic heterocycles. The zero-order chi connectivity index (χ0) is 15.6. The van der Waals surface area contributed by atoms with Crippen LogP contribution in [0.25, 0.3) is 0 Å². The Morgan fingerprint density at radius 3 is 2.05 bits per heavy atom. The van der Waals surface area contributed by atoms with Crippen LogP contribution in [0, 0.1) is 5.82 Å². The summed E-state index contributed by atoms with van der Waals surface area (Å²) in [5.74, 6) is -0.237. The van der Waals surface area contributed by atoms with Crippen molar-refractivity contribution in [2.45, 2.75) is 32.2 Å². The zero-order valence-corrected chi connectivity index (χ0v) is 14.5. The highest BCUT2D eigenvalue weighted by molar-refractivity contribution is 9.10. The molecule has 0 fully saturated rings. The molecule has 0 aliphatic rings. The van der Waals surface area contributed by atoms with Gasteiger partial charge in [-0.15, -0.1) is 0 Å². The standard InChI is InChI=1S/C18H21BrFN/c1-18(2,3)14-8-5-12(6-9-14)17(21-4)13-7-10-15(19)16(20)11-13/h5-11,17,21H,1-4H3. The van der Waals surface area contributed by atoms with E-state index in [9.17, 15) is 4.39 Å². The van der Waals surface area contributed by atoms with Crippen LogP contribution in [0.1, 0.15) is 43.5 Å². The van der Waals surface area contributed by atoms with E-state index < -0.39 is 0 Å². The Morgan fingerprint density at radius 2 is 1.57 bits per heavy atom. The fourth-order valence-electron chi connectivity index (χ4n) is 2.39. The summed E-state index contributed by atoms with van der Waals surface area (Å²) < 4.78 is 14.2. The van der Waals surface area contributed by atoms with E-state index in [0.29, 0.717) is 4.47 Å². The maximum absolute atomic E-state index is 13.7. The molecule has 112 valence electrons. The minimum absolute atomic E-state index is 0.0124. The van der Waals surface area contributed by atoms with Gasteiger partial charge in [0.25, 0.3) is 0 Å². The van der Waals surface area contributed by atoms with Crippen molar-refractivity contribution in [3.8, 4) is 0 Å². The van der Waals surface area contributed by atoms with Gasteiger partial charge in [-0.3, -0.25) is 0 Å². The highest BCUT2D eigenvalue weighted by Crippen LogP contribution is 2.28. The quantitative estimate of drug-likeness (QED) is 0.803. The first-order valence-electron chi connectivity index (χ1n) is 7.05. The van der Waals surface area contributed by atoms with Crippen molar-refractivity contribution in [3.05, 3.63) is 69.4 Å². The molecule has 1 atom stereocenters. The molecule has 0 bridgehead atoms. The van der Waals surface area contributed by atoms with Crippen LogP contribution in [0.3, 0.4) is 0 Å². The van der Waals surface area contributed by atoms with E-state index in [2.05, 4.69) is 66.3 Å². The highest BCUT2D eigenvalue weighted by atomic mass is 79.9. The van der Waals surface area contributed by atoms with Gasteiger partial charge in [0, 0.05) is 0 Å². The lowest BCUT2D eigenvalue weighted by molar-refractivity contribution is 0.588. The van der Waals surface area contributed by atoms with Crippen LogP contribution < -0.4 is 5.32 Å². The largest absolute Gasteiger partial charge is 0.309 e. The van der Waals surface area contributed by atoms with Crippen molar-refractivity contribution in [1.82, 2.24) is 5.32 Å². The zero-order valence-electron chi connectivity index (χ0n) is 12.9. The first-order chi connectivity index (χ1) is 9.82. The summed E-state index contributed by atoms with van der Waals surface area (Å²) in [5.41, 5.74) is 3.48. The normalized spacial score (nSPS) is 13.2. The van der Waals surface area contributed by atoms with Gasteiger partial charge >= 0.3 is 0 Å². The van der Waals surface area contributed by atoms with E-state index in [0.717, 1.165) is 11.1 Å². The Bertz CT molecular complexity index is 614. The van der Waals surface area contributed by atoms with E-state index in [-0.39, 0.29) is 17.3 Å². The highest BCUT2D eigenvalue weighted by Gasteiger charge is 2.16. The molecule has 0 saturated carbocycles. The molecule has 3 heteroatoms. The maximum atomic E-state index is 13.7. The SMILES string of the molecule is CNC(c1ccc(C(C)(C)C)cc1)c1ccc(Br)c(F)c1. The summed E-state index contributed by atoms with van der Waals surface area (Å²) in [6.07, 6.45) is 0. The lowest BCUT2D eigenvalue weighted by Gasteiger charge is -2.22. The van der Waals surface area contributed by atoms with Crippen LogP contribution in [0.5, 0.6) is 0 Å². The number of hydrogen-bond donors (Lipinski definition) is 1. The molecule has 21 heavy (non-hydrogen) atoms. The van der Waals surface area contributed by atoms with Gasteiger partial charge in [-0.05, 0) is 57.2 Å². The van der Waals surface area contributed by atoms with Gasteiger partial charge in [0.15, 0.2) is 0 Å². The Kier molecular flexibility index (Phi) is 4.84. The van der Waals surface area contributed by atoms with Gasteiger partial charge in [-0.2, -0.15) is 0 Å². The predicted octanol–water partition coefficient (Wildman–Crippen LogP) is 5.19. The van der Waals surface area contributed by atoms with E-state index in [4.69, 9.17) is 0 Å². The second-order valence-corrected chi connectivity index (χ2v) is 7.12. The molecule has 0 aliphatic carbocycles. The van der Waals surface area contributed by atoms with Crippen LogP contribution in [0.2, 0.25) is 0 Å². The summed E-state index contributed by atoms with van der Waals surface area (Å²) >= 11 is 3.19. The third kappa shape index (κ3) is 3.72. The molecule has 2 aromatic rings. The van der Waals surface area contributed by atoms with Crippen molar-refractivity contribution >= 4 is 15.9 Å². The van der Waals surface area contributed by atoms with Gasteiger partial charge in [-0.25, -0.2) is 4.39 Å². The molecule has 1 unspecified atom stereocenters. The van der Waals surface area contributed by atoms with Crippen LogP contribution in [-0.2, 0) is 5.41 Å². The van der Waals surface area contributed by atoms with Gasteiger partial charge in [0.2, 0.25) is 0 Å². The molecule has 0 heterocycles. The molecule has 2 rings (SSSR count). The average molecular weight is 350 g/mol. The first kappa shape index (κ1) is 16.2. The van der Waals surface area contributed by atoms with E-state index in [1.165, 1.54) is 5.56 Å².